The molecule has 1 aliphatic rings. The number of hydrogen-bond donors (Lipinski definition) is 3. The van der Waals surface area contributed by atoms with Crippen LogP contribution in [-0.4, -0.2) is 22.5 Å². The van der Waals surface area contributed by atoms with Crippen molar-refractivity contribution in [2.45, 2.75) is 19.8 Å². The van der Waals surface area contributed by atoms with Crippen LogP contribution in [0.3, 0.4) is 0 Å². The van der Waals surface area contributed by atoms with Crippen LogP contribution in [0, 0.1) is 10.1 Å². The van der Waals surface area contributed by atoms with E-state index < -0.39 is 10.9 Å². The van der Waals surface area contributed by atoms with Gasteiger partial charge in [0.05, 0.1) is 27.9 Å². The fourth-order valence-corrected chi connectivity index (χ4v) is 2.57. The van der Waals surface area contributed by atoms with Crippen LogP contribution in [0.2, 0.25) is 0 Å². The van der Waals surface area contributed by atoms with Crippen molar-refractivity contribution >= 4 is 28.7 Å². The maximum Gasteiger partial charge on any atom is 0.338 e. The maximum atomic E-state index is 11.4. The van der Waals surface area contributed by atoms with Crippen molar-refractivity contribution in [3.05, 3.63) is 46.0 Å². The summed E-state index contributed by atoms with van der Waals surface area (Å²) in [5.41, 5.74) is 1.13. The number of rotatable bonds is 6. The number of nitrogens with one attached hydrogen (secondary N) is 2. The number of anilines is 3. The first-order chi connectivity index (χ1) is 12.0. The Balaban J connectivity index is 1.96. The minimum Gasteiger partial charge on any atom is -0.478 e. The van der Waals surface area contributed by atoms with E-state index in [0.29, 0.717) is 11.4 Å². The first-order valence-electron chi connectivity index (χ1n) is 7.88. The highest BCUT2D eigenvalue weighted by Crippen LogP contribution is 2.46. The van der Waals surface area contributed by atoms with Gasteiger partial charge in [0, 0.05) is 24.4 Å². The number of unbranched alkanes of at least 4 members (excludes halogenated alkanes) is 1. The first-order valence-corrected chi connectivity index (χ1v) is 7.88. The van der Waals surface area contributed by atoms with Crippen LogP contribution in [0.5, 0.6) is 11.5 Å². The van der Waals surface area contributed by atoms with Crippen LogP contribution < -0.4 is 15.4 Å². The molecule has 0 spiro atoms. The first kappa shape index (κ1) is 16.6. The number of hydrogen-bond acceptors (Lipinski definition) is 6. The topological polar surface area (TPSA) is 114 Å². The molecule has 0 atom stereocenters. The van der Waals surface area contributed by atoms with Gasteiger partial charge in [-0.1, -0.05) is 13.3 Å². The number of benzene rings is 2. The largest absolute Gasteiger partial charge is 0.478 e. The molecule has 8 heteroatoms. The molecule has 0 aliphatic carbocycles. The average molecular weight is 343 g/mol. The fraction of sp³-hybridized carbons (Fsp3) is 0.235. The van der Waals surface area contributed by atoms with Gasteiger partial charge in [0.2, 0.25) is 0 Å². The number of nitro benzene ring substituents is 1. The number of carbonyl (C=O) groups is 1. The fourth-order valence-electron chi connectivity index (χ4n) is 2.57. The third kappa shape index (κ3) is 3.32. The van der Waals surface area contributed by atoms with Crippen molar-refractivity contribution in [3.63, 3.8) is 0 Å². The molecule has 1 heterocycles. The predicted octanol–water partition coefficient (Wildman–Crippen LogP) is 4.35. The van der Waals surface area contributed by atoms with Crippen molar-refractivity contribution < 1.29 is 19.6 Å². The van der Waals surface area contributed by atoms with Crippen LogP contribution in [-0.2, 0) is 0 Å². The number of non-ortho nitro benzene ring substituents is 1. The summed E-state index contributed by atoms with van der Waals surface area (Å²) in [5, 5.41) is 26.6. The number of carboxylic acid groups (broad SMARTS) is 1. The highest BCUT2D eigenvalue weighted by molar-refractivity contribution is 5.99. The Morgan fingerprint density at radius 1 is 1.32 bits per heavy atom. The lowest BCUT2D eigenvalue weighted by molar-refractivity contribution is -0.384. The molecule has 130 valence electrons. The Bertz CT molecular complexity index is 850. The van der Waals surface area contributed by atoms with Gasteiger partial charge in [-0.2, -0.15) is 0 Å². The molecule has 2 aromatic rings. The monoisotopic (exact) mass is 343 g/mol. The van der Waals surface area contributed by atoms with Crippen LogP contribution in [0.4, 0.5) is 22.7 Å². The van der Waals surface area contributed by atoms with Crippen molar-refractivity contribution in [3.8, 4) is 11.5 Å². The van der Waals surface area contributed by atoms with E-state index >= 15 is 0 Å². The zero-order valence-corrected chi connectivity index (χ0v) is 13.5. The zero-order valence-electron chi connectivity index (χ0n) is 13.5. The van der Waals surface area contributed by atoms with Crippen molar-refractivity contribution in [2.75, 3.05) is 17.2 Å². The van der Waals surface area contributed by atoms with Crippen LogP contribution in [0.1, 0.15) is 30.1 Å². The van der Waals surface area contributed by atoms with Crippen LogP contribution in [0.25, 0.3) is 0 Å². The van der Waals surface area contributed by atoms with Gasteiger partial charge in [0.25, 0.3) is 5.69 Å². The summed E-state index contributed by atoms with van der Waals surface area (Å²) in [6, 6.07) is 7.65. The standard InChI is InChI=1S/C17H17N3O5/c1-2-3-6-18-10-4-5-13-14(7-10)25-15-9-11(20(23)24)8-12(17(21)22)16(15)19-13/h4-5,7-9,18-19H,2-3,6H2,1H3,(H,21,22). The molecule has 3 rings (SSSR count). The van der Waals surface area contributed by atoms with E-state index in [-0.39, 0.29) is 22.7 Å². The van der Waals surface area contributed by atoms with Crippen molar-refractivity contribution in [1.29, 1.82) is 0 Å². The van der Waals surface area contributed by atoms with Gasteiger partial charge in [-0.25, -0.2) is 4.79 Å². The number of fused-ring (bicyclic) bond motifs is 2. The quantitative estimate of drug-likeness (QED) is 0.346. The number of nitro groups is 1. The molecule has 2 aromatic carbocycles. The second-order valence-corrected chi connectivity index (χ2v) is 5.65. The van der Waals surface area contributed by atoms with Gasteiger partial charge in [-0.3, -0.25) is 10.1 Å². The Morgan fingerprint density at radius 2 is 2.12 bits per heavy atom. The molecule has 0 fully saturated rings. The average Bonchev–Trinajstić information content (AvgIpc) is 2.58. The zero-order chi connectivity index (χ0) is 18.0. The third-order valence-corrected chi connectivity index (χ3v) is 3.85. The van der Waals surface area contributed by atoms with Crippen molar-refractivity contribution in [2.24, 2.45) is 0 Å². The van der Waals surface area contributed by atoms with E-state index in [0.717, 1.165) is 31.1 Å². The predicted molar refractivity (Wildman–Crippen MR) is 93.3 cm³/mol. The Labute approximate surface area is 143 Å². The van der Waals surface area contributed by atoms with Crippen molar-refractivity contribution in [1.82, 2.24) is 0 Å². The second kappa shape index (κ2) is 6.68. The highest BCUT2D eigenvalue weighted by Gasteiger charge is 2.26. The lowest BCUT2D eigenvalue weighted by Crippen LogP contribution is -2.10. The minimum absolute atomic E-state index is 0.116. The third-order valence-electron chi connectivity index (χ3n) is 3.85. The lowest BCUT2D eigenvalue weighted by atomic mass is 10.1. The molecule has 25 heavy (non-hydrogen) atoms. The molecule has 1 aliphatic heterocycles. The van der Waals surface area contributed by atoms with Gasteiger partial charge in [-0.05, 0) is 18.6 Å². The summed E-state index contributed by atoms with van der Waals surface area (Å²) in [6.45, 7) is 2.93. The lowest BCUT2D eigenvalue weighted by Gasteiger charge is -2.23. The van der Waals surface area contributed by atoms with E-state index in [1.165, 1.54) is 6.07 Å². The van der Waals surface area contributed by atoms with E-state index in [9.17, 15) is 20.0 Å². The number of nitrogens with zero attached hydrogens (tertiary/aromatic N) is 1. The molecule has 3 N–H and O–H groups in total. The van der Waals surface area contributed by atoms with Gasteiger partial charge in [-0.15, -0.1) is 0 Å². The van der Waals surface area contributed by atoms with E-state index in [1.54, 1.807) is 12.1 Å². The Kier molecular flexibility index (Phi) is 4.42. The van der Waals surface area contributed by atoms with Crippen LogP contribution >= 0.6 is 0 Å². The molecule has 0 bridgehead atoms. The molecule has 8 nitrogen and oxygen atoms in total. The maximum absolute atomic E-state index is 11.4. The van der Waals surface area contributed by atoms with Gasteiger partial charge >= 0.3 is 5.97 Å². The van der Waals surface area contributed by atoms with Crippen LogP contribution in [0.15, 0.2) is 30.3 Å². The highest BCUT2D eigenvalue weighted by atomic mass is 16.6. The second-order valence-electron chi connectivity index (χ2n) is 5.65. The van der Waals surface area contributed by atoms with Gasteiger partial charge in [0.15, 0.2) is 11.5 Å². The smallest absolute Gasteiger partial charge is 0.338 e. The normalized spacial score (nSPS) is 11.6. The molecule has 0 radical (unpaired) electrons. The van der Waals surface area contributed by atoms with E-state index in [2.05, 4.69) is 17.6 Å². The number of ether oxygens (including phenoxy) is 1. The molecular formula is C17H17N3O5. The molecule has 0 aromatic heterocycles. The molecule has 0 saturated heterocycles. The Morgan fingerprint density at radius 3 is 2.80 bits per heavy atom. The van der Waals surface area contributed by atoms with Gasteiger partial charge in [0.1, 0.15) is 0 Å². The summed E-state index contributed by atoms with van der Waals surface area (Å²) in [5.74, 6) is -0.673. The SMILES string of the molecule is CCCCNc1ccc2c(c1)Oc1cc([N+](=O)[O-])cc(C(=O)O)c1N2. The molecule has 0 unspecified atom stereocenters. The summed E-state index contributed by atoms with van der Waals surface area (Å²) in [6.07, 6.45) is 2.11. The summed E-state index contributed by atoms with van der Waals surface area (Å²) in [4.78, 5) is 21.8. The Hall–Kier alpha value is -3.29. The molecular weight excluding hydrogens is 326 g/mol. The number of aromatic carboxylic acids is 1. The van der Waals surface area contributed by atoms with E-state index in [1.807, 2.05) is 6.07 Å². The summed E-state index contributed by atoms with van der Waals surface area (Å²) >= 11 is 0. The molecule has 0 saturated carbocycles. The summed E-state index contributed by atoms with van der Waals surface area (Å²) in [7, 11) is 0. The van der Waals surface area contributed by atoms with Gasteiger partial charge < -0.3 is 20.5 Å². The minimum atomic E-state index is -1.27. The van der Waals surface area contributed by atoms with E-state index in [4.69, 9.17) is 4.74 Å². The number of carboxylic acids is 1. The molecule has 0 amide bonds. The summed E-state index contributed by atoms with van der Waals surface area (Å²) < 4.78 is 5.74.